The Bertz CT molecular complexity index is 2520. The second-order valence-electron chi connectivity index (χ2n) is 11.6. The molecule has 1 heterocycles. The largest absolute Gasteiger partial charge is 0.236 e. The van der Waals surface area contributed by atoms with Gasteiger partial charge in [-0.05, 0) is 83.9 Å². The molecule has 2 heteroatoms. The van der Waals surface area contributed by atoms with Gasteiger partial charge in [0, 0.05) is 5.56 Å². The molecule has 1 nitrogen and oxygen atoms in total. The molecular formula is C43H27NS. The van der Waals surface area contributed by atoms with E-state index in [1.54, 1.807) is 11.3 Å². The summed E-state index contributed by atoms with van der Waals surface area (Å²) in [5, 5.41) is 8.72. The fourth-order valence-electron chi connectivity index (χ4n) is 6.62. The van der Waals surface area contributed by atoms with Gasteiger partial charge in [0.15, 0.2) is 0 Å². The summed E-state index contributed by atoms with van der Waals surface area (Å²) in [5.41, 5.74) is 9.59. The van der Waals surface area contributed by atoms with Gasteiger partial charge in [0.25, 0.3) is 0 Å². The van der Waals surface area contributed by atoms with E-state index in [4.69, 9.17) is 4.98 Å². The van der Waals surface area contributed by atoms with Crippen molar-refractivity contribution in [1.29, 1.82) is 0 Å². The van der Waals surface area contributed by atoms with Crippen LogP contribution in [0.15, 0.2) is 164 Å². The first-order valence-corrected chi connectivity index (χ1v) is 16.1. The lowest BCUT2D eigenvalue weighted by atomic mass is 9.90. The van der Waals surface area contributed by atoms with Crippen molar-refractivity contribution < 1.29 is 0 Å². The Hall–Kier alpha value is -5.57. The fourth-order valence-corrected chi connectivity index (χ4v) is 7.63. The van der Waals surface area contributed by atoms with Crippen LogP contribution >= 0.6 is 11.3 Å². The smallest absolute Gasteiger partial charge is 0.124 e. The summed E-state index contributed by atoms with van der Waals surface area (Å²) in [5.74, 6) is 0. The number of benzene rings is 8. The average Bonchev–Trinajstić information content (AvgIpc) is 3.55. The highest BCUT2D eigenvalue weighted by Gasteiger charge is 2.12. The zero-order valence-electron chi connectivity index (χ0n) is 24.4. The van der Waals surface area contributed by atoms with E-state index in [2.05, 4.69) is 158 Å². The predicted octanol–water partition coefficient (Wildman–Crippen LogP) is 12.4. The molecule has 210 valence electrons. The van der Waals surface area contributed by atoms with E-state index in [1.165, 1.54) is 70.4 Å². The SMILES string of the molecule is c1ccc(-c2nc3ccc(-c4ccc(-c5ccc(-c6ccc7ccc8ccccc8c7c6)c6ccccc56)cc4)cc3s2)cc1. The highest BCUT2D eigenvalue weighted by Crippen LogP contribution is 2.39. The van der Waals surface area contributed by atoms with E-state index >= 15 is 0 Å². The van der Waals surface area contributed by atoms with E-state index in [9.17, 15) is 0 Å². The summed E-state index contributed by atoms with van der Waals surface area (Å²) in [4.78, 5) is 4.88. The second-order valence-corrected chi connectivity index (χ2v) is 12.6. The molecule has 0 saturated heterocycles. The Balaban J connectivity index is 1.09. The van der Waals surface area contributed by atoms with E-state index in [1.807, 2.05) is 6.07 Å². The zero-order chi connectivity index (χ0) is 29.7. The summed E-state index contributed by atoms with van der Waals surface area (Å²) >= 11 is 1.75. The van der Waals surface area contributed by atoms with Gasteiger partial charge >= 0.3 is 0 Å². The normalized spacial score (nSPS) is 11.6. The number of rotatable bonds is 4. The Labute approximate surface area is 265 Å². The van der Waals surface area contributed by atoms with Gasteiger partial charge in [-0.25, -0.2) is 4.98 Å². The fraction of sp³-hybridized carbons (Fsp3) is 0. The molecule has 0 spiro atoms. The molecule has 0 aliphatic carbocycles. The lowest BCUT2D eigenvalue weighted by Gasteiger charge is -2.14. The van der Waals surface area contributed by atoms with Crippen molar-refractivity contribution in [3.05, 3.63) is 164 Å². The van der Waals surface area contributed by atoms with Gasteiger partial charge in [-0.3, -0.25) is 0 Å². The lowest BCUT2D eigenvalue weighted by Crippen LogP contribution is -1.87. The van der Waals surface area contributed by atoms with Crippen LogP contribution in [0.2, 0.25) is 0 Å². The van der Waals surface area contributed by atoms with E-state index in [0.29, 0.717) is 0 Å². The molecule has 0 amide bonds. The third kappa shape index (κ3) is 4.50. The number of aromatic nitrogens is 1. The van der Waals surface area contributed by atoms with Crippen LogP contribution in [0.1, 0.15) is 0 Å². The molecule has 9 rings (SSSR count). The van der Waals surface area contributed by atoms with E-state index in [-0.39, 0.29) is 0 Å². The number of fused-ring (bicyclic) bond motifs is 5. The van der Waals surface area contributed by atoms with Crippen molar-refractivity contribution in [2.24, 2.45) is 0 Å². The first-order chi connectivity index (χ1) is 22.3. The van der Waals surface area contributed by atoms with Crippen molar-refractivity contribution in [3.8, 4) is 44.0 Å². The Kier molecular flexibility index (Phi) is 6.07. The molecule has 45 heavy (non-hydrogen) atoms. The number of nitrogens with zero attached hydrogens (tertiary/aromatic N) is 1. The number of hydrogen-bond donors (Lipinski definition) is 0. The summed E-state index contributed by atoms with van der Waals surface area (Å²) < 4.78 is 1.21. The summed E-state index contributed by atoms with van der Waals surface area (Å²) in [6.07, 6.45) is 0. The molecule has 8 aromatic carbocycles. The minimum atomic E-state index is 1.05. The van der Waals surface area contributed by atoms with Crippen LogP contribution < -0.4 is 0 Å². The summed E-state index contributed by atoms with van der Waals surface area (Å²) in [6, 6.07) is 59.4. The van der Waals surface area contributed by atoms with Crippen molar-refractivity contribution in [2.75, 3.05) is 0 Å². The molecule has 0 fully saturated rings. The van der Waals surface area contributed by atoms with Crippen molar-refractivity contribution in [1.82, 2.24) is 4.98 Å². The number of thiazole rings is 1. The van der Waals surface area contributed by atoms with Crippen molar-refractivity contribution in [3.63, 3.8) is 0 Å². The molecule has 0 N–H and O–H groups in total. The standard InChI is InChI=1S/C43H27NS/c1-2-9-32(10-3-1)43-44-41-25-22-33(27-42(41)45-43)28-14-16-30(17-15-28)36-23-24-37(39-13-7-6-12-38(36)39)34-21-20-31-19-18-29-8-4-5-11-35(29)40(31)26-34/h1-27H. The molecule has 0 saturated carbocycles. The molecule has 0 aliphatic heterocycles. The van der Waals surface area contributed by atoms with Gasteiger partial charge in [-0.2, -0.15) is 0 Å². The van der Waals surface area contributed by atoms with Crippen LogP contribution in [0.5, 0.6) is 0 Å². The van der Waals surface area contributed by atoms with Crippen LogP contribution in [0.25, 0.3) is 86.5 Å². The van der Waals surface area contributed by atoms with Crippen LogP contribution in [0.3, 0.4) is 0 Å². The number of hydrogen-bond acceptors (Lipinski definition) is 2. The molecule has 1 aromatic heterocycles. The first kappa shape index (κ1) is 25.9. The third-order valence-electron chi connectivity index (χ3n) is 8.92. The first-order valence-electron chi connectivity index (χ1n) is 15.3. The molecule has 0 aliphatic rings. The summed E-state index contributed by atoms with van der Waals surface area (Å²) in [7, 11) is 0. The quantitative estimate of drug-likeness (QED) is 0.186. The molecule has 0 radical (unpaired) electrons. The van der Waals surface area contributed by atoms with Crippen LogP contribution in [-0.2, 0) is 0 Å². The van der Waals surface area contributed by atoms with E-state index in [0.717, 1.165) is 16.1 Å². The van der Waals surface area contributed by atoms with Crippen LogP contribution in [-0.4, -0.2) is 4.98 Å². The van der Waals surface area contributed by atoms with Gasteiger partial charge in [0.05, 0.1) is 10.2 Å². The van der Waals surface area contributed by atoms with Gasteiger partial charge in [-0.1, -0.05) is 146 Å². The minimum absolute atomic E-state index is 1.05. The average molecular weight is 590 g/mol. The predicted molar refractivity (Wildman–Crippen MR) is 194 cm³/mol. The Morgan fingerprint density at radius 2 is 0.933 bits per heavy atom. The maximum Gasteiger partial charge on any atom is 0.124 e. The highest BCUT2D eigenvalue weighted by molar-refractivity contribution is 7.21. The van der Waals surface area contributed by atoms with Crippen LogP contribution in [0, 0.1) is 0 Å². The van der Waals surface area contributed by atoms with Crippen LogP contribution in [0.4, 0.5) is 0 Å². The molecular weight excluding hydrogens is 563 g/mol. The minimum Gasteiger partial charge on any atom is -0.236 e. The zero-order valence-corrected chi connectivity index (χ0v) is 25.3. The van der Waals surface area contributed by atoms with E-state index < -0.39 is 0 Å². The molecule has 0 atom stereocenters. The van der Waals surface area contributed by atoms with Crippen molar-refractivity contribution >= 4 is 53.9 Å². The second kappa shape index (κ2) is 10.6. The van der Waals surface area contributed by atoms with Gasteiger partial charge in [-0.15, -0.1) is 11.3 Å². The molecule has 0 bridgehead atoms. The third-order valence-corrected chi connectivity index (χ3v) is 9.99. The highest BCUT2D eigenvalue weighted by atomic mass is 32.1. The van der Waals surface area contributed by atoms with Gasteiger partial charge < -0.3 is 0 Å². The maximum atomic E-state index is 4.88. The molecule has 0 unspecified atom stereocenters. The molecule has 9 aromatic rings. The Morgan fingerprint density at radius 1 is 0.356 bits per heavy atom. The van der Waals surface area contributed by atoms with Crippen molar-refractivity contribution in [2.45, 2.75) is 0 Å². The monoisotopic (exact) mass is 589 g/mol. The topological polar surface area (TPSA) is 12.9 Å². The maximum absolute atomic E-state index is 4.88. The van der Waals surface area contributed by atoms with Gasteiger partial charge in [0.1, 0.15) is 5.01 Å². The summed E-state index contributed by atoms with van der Waals surface area (Å²) in [6.45, 7) is 0. The lowest BCUT2D eigenvalue weighted by molar-refractivity contribution is 1.48. The Morgan fingerprint density at radius 3 is 1.71 bits per heavy atom. The van der Waals surface area contributed by atoms with Gasteiger partial charge in [0.2, 0.25) is 0 Å².